The van der Waals surface area contributed by atoms with Gasteiger partial charge >= 0.3 is 0 Å². The monoisotopic (exact) mass is 267 g/mol. The molecular formula is C14H21NO2S. The zero-order valence-electron chi connectivity index (χ0n) is 11.1. The first-order chi connectivity index (χ1) is 8.80. The average molecular weight is 267 g/mol. The summed E-state index contributed by atoms with van der Waals surface area (Å²) in [6, 6.07) is 5.92. The highest BCUT2D eigenvalue weighted by Gasteiger charge is 2.01. The number of methoxy groups -OCH3 is 2. The first kappa shape index (κ1) is 14.9. The van der Waals surface area contributed by atoms with E-state index in [0.29, 0.717) is 0 Å². The van der Waals surface area contributed by atoms with E-state index in [1.807, 2.05) is 36.0 Å². The molecule has 3 nitrogen and oxygen atoms in total. The van der Waals surface area contributed by atoms with Crippen LogP contribution in [0.15, 0.2) is 30.9 Å². The minimum absolute atomic E-state index is 0.822. The van der Waals surface area contributed by atoms with Gasteiger partial charge < -0.3 is 14.8 Å². The van der Waals surface area contributed by atoms with E-state index in [0.717, 1.165) is 36.1 Å². The van der Waals surface area contributed by atoms with E-state index in [1.165, 1.54) is 5.56 Å². The molecule has 1 rings (SSSR count). The molecule has 18 heavy (non-hydrogen) atoms. The van der Waals surface area contributed by atoms with E-state index in [9.17, 15) is 0 Å². The number of hydrogen-bond acceptors (Lipinski definition) is 4. The summed E-state index contributed by atoms with van der Waals surface area (Å²) < 4.78 is 10.5. The zero-order valence-corrected chi connectivity index (χ0v) is 11.9. The maximum absolute atomic E-state index is 5.23. The topological polar surface area (TPSA) is 30.5 Å². The van der Waals surface area contributed by atoms with Crippen LogP contribution in [0, 0.1) is 0 Å². The molecule has 0 saturated heterocycles. The molecule has 0 aliphatic rings. The lowest BCUT2D eigenvalue weighted by Crippen LogP contribution is -2.16. The van der Waals surface area contributed by atoms with Crippen LogP contribution in [0.4, 0.5) is 0 Å². The third kappa shape index (κ3) is 5.47. The molecule has 0 unspecified atom stereocenters. The predicted molar refractivity (Wildman–Crippen MR) is 78.8 cm³/mol. The fourth-order valence-corrected chi connectivity index (χ4v) is 2.13. The summed E-state index contributed by atoms with van der Waals surface area (Å²) in [4.78, 5) is 0. The summed E-state index contributed by atoms with van der Waals surface area (Å²) in [6.45, 7) is 5.50. The summed E-state index contributed by atoms with van der Waals surface area (Å²) >= 11 is 1.87. The van der Waals surface area contributed by atoms with E-state index in [-0.39, 0.29) is 0 Å². The minimum Gasteiger partial charge on any atom is -0.497 e. The first-order valence-electron chi connectivity index (χ1n) is 5.91. The van der Waals surface area contributed by atoms with Gasteiger partial charge in [-0.25, -0.2) is 0 Å². The Morgan fingerprint density at radius 3 is 2.44 bits per heavy atom. The number of thioether (sulfide) groups is 1. The van der Waals surface area contributed by atoms with Crippen LogP contribution in [0.3, 0.4) is 0 Å². The van der Waals surface area contributed by atoms with Crippen molar-refractivity contribution < 1.29 is 9.47 Å². The second-order valence-electron chi connectivity index (χ2n) is 3.76. The lowest BCUT2D eigenvalue weighted by Gasteiger charge is -2.09. The van der Waals surface area contributed by atoms with Crippen molar-refractivity contribution in [3.63, 3.8) is 0 Å². The van der Waals surface area contributed by atoms with Crippen LogP contribution in [0.5, 0.6) is 11.5 Å². The molecule has 4 heteroatoms. The van der Waals surface area contributed by atoms with Gasteiger partial charge in [-0.3, -0.25) is 0 Å². The molecule has 0 aliphatic heterocycles. The quantitative estimate of drug-likeness (QED) is 0.550. The summed E-state index contributed by atoms with van der Waals surface area (Å²) in [5.41, 5.74) is 1.17. The molecule has 1 aromatic rings. The van der Waals surface area contributed by atoms with E-state index in [1.54, 1.807) is 14.2 Å². The second kappa shape index (κ2) is 8.89. The Hall–Kier alpha value is -1.13. The lowest BCUT2D eigenvalue weighted by atomic mass is 10.2. The van der Waals surface area contributed by atoms with Crippen LogP contribution in [-0.2, 0) is 6.54 Å². The van der Waals surface area contributed by atoms with Crippen LogP contribution in [0.2, 0.25) is 0 Å². The highest BCUT2D eigenvalue weighted by atomic mass is 32.2. The maximum atomic E-state index is 5.23. The summed E-state index contributed by atoms with van der Waals surface area (Å²) in [6.07, 6.45) is 1.93. The van der Waals surface area contributed by atoms with Crippen molar-refractivity contribution in [2.75, 3.05) is 32.3 Å². The van der Waals surface area contributed by atoms with E-state index < -0.39 is 0 Å². The Labute approximate surface area is 114 Å². The van der Waals surface area contributed by atoms with Crippen molar-refractivity contribution in [2.24, 2.45) is 0 Å². The highest BCUT2D eigenvalue weighted by molar-refractivity contribution is 7.99. The molecule has 0 fully saturated rings. The normalized spacial score (nSPS) is 10.1. The van der Waals surface area contributed by atoms with Crippen molar-refractivity contribution in [1.82, 2.24) is 5.32 Å². The Balaban J connectivity index is 2.38. The molecule has 0 radical (unpaired) electrons. The Bertz CT molecular complexity index is 347. The van der Waals surface area contributed by atoms with Gasteiger partial charge in [0.1, 0.15) is 11.5 Å². The summed E-state index contributed by atoms with van der Waals surface area (Å²) in [7, 11) is 3.33. The summed E-state index contributed by atoms with van der Waals surface area (Å²) in [5, 5.41) is 3.40. The number of rotatable bonds is 9. The molecule has 0 amide bonds. The van der Waals surface area contributed by atoms with Crippen molar-refractivity contribution in [1.29, 1.82) is 0 Å². The van der Waals surface area contributed by atoms with Gasteiger partial charge in [-0.15, -0.1) is 6.58 Å². The molecule has 0 bridgehead atoms. The highest BCUT2D eigenvalue weighted by Crippen LogP contribution is 2.22. The molecule has 1 aromatic carbocycles. The molecule has 0 saturated carbocycles. The molecule has 0 heterocycles. The van der Waals surface area contributed by atoms with Crippen molar-refractivity contribution in [3.05, 3.63) is 36.4 Å². The largest absolute Gasteiger partial charge is 0.497 e. The third-order valence-electron chi connectivity index (χ3n) is 2.40. The van der Waals surface area contributed by atoms with Crippen molar-refractivity contribution >= 4 is 11.8 Å². The Morgan fingerprint density at radius 1 is 1.22 bits per heavy atom. The van der Waals surface area contributed by atoms with Gasteiger partial charge in [0.15, 0.2) is 0 Å². The molecule has 0 spiro atoms. The van der Waals surface area contributed by atoms with Crippen LogP contribution in [0.25, 0.3) is 0 Å². The van der Waals surface area contributed by atoms with E-state index in [2.05, 4.69) is 11.9 Å². The average Bonchev–Trinajstić information content (AvgIpc) is 2.42. The first-order valence-corrected chi connectivity index (χ1v) is 7.07. The van der Waals surface area contributed by atoms with Gasteiger partial charge in [0.2, 0.25) is 0 Å². The number of ether oxygens (including phenoxy) is 2. The lowest BCUT2D eigenvalue weighted by molar-refractivity contribution is 0.393. The van der Waals surface area contributed by atoms with Gasteiger partial charge in [-0.05, 0) is 17.7 Å². The van der Waals surface area contributed by atoms with Crippen LogP contribution in [0.1, 0.15) is 5.56 Å². The molecule has 1 N–H and O–H groups in total. The zero-order chi connectivity index (χ0) is 13.2. The van der Waals surface area contributed by atoms with E-state index >= 15 is 0 Å². The standard InChI is InChI=1S/C14H21NO2S/c1-4-6-18-7-5-15-11-12-8-13(16-2)10-14(9-12)17-3/h4,8-10,15H,1,5-7,11H2,2-3H3. The Kier molecular flexibility index (Phi) is 7.37. The molecule has 0 atom stereocenters. The molecule has 0 aromatic heterocycles. The Morgan fingerprint density at radius 2 is 1.89 bits per heavy atom. The molecule has 0 aliphatic carbocycles. The number of benzene rings is 1. The SMILES string of the molecule is C=CCSCCNCc1cc(OC)cc(OC)c1. The van der Waals surface area contributed by atoms with Gasteiger partial charge in [0.25, 0.3) is 0 Å². The second-order valence-corrected chi connectivity index (χ2v) is 4.91. The fraction of sp³-hybridized carbons (Fsp3) is 0.429. The summed E-state index contributed by atoms with van der Waals surface area (Å²) in [5.74, 6) is 3.75. The number of hydrogen-bond donors (Lipinski definition) is 1. The predicted octanol–water partition coefficient (Wildman–Crippen LogP) is 2.71. The molecular weight excluding hydrogens is 246 g/mol. The van der Waals surface area contributed by atoms with Crippen LogP contribution >= 0.6 is 11.8 Å². The molecule has 100 valence electrons. The smallest absolute Gasteiger partial charge is 0.122 e. The van der Waals surface area contributed by atoms with Gasteiger partial charge in [-0.2, -0.15) is 11.8 Å². The maximum Gasteiger partial charge on any atom is 0.122 e. The fourth-order valence-electron chi connectivity index (χ4n) is 1.51. The van der Waals surface area contributed by atoms with Crippen molar-refractivity contribution in [2.45, 2.75) is 6.54 Å². The van der Waals surface area contributed by atoms with Gasteiger partial charge in [0, 0.05) is 30.7 Å². The number of nitrogens with one attached hydrogen (secondary N) is 1. The van der Waals surface area contributed by atoms with Gasteiger partial charge in [-0.1, -0.05) is 6.08 Å². The van der Waals surface area contributed by atoms with Crippen molar-refractivity contribution in [3.8, 4) is 11.5 Å². The van der Waals surface area contributed by atoms with Crippen LogP contribution in [-0.4, -0.2) is 32.3 Å². The third-order valence-corrected chi connectivity index (χ3v) is 3.36. The van der Waals surface area contributed by atoms with Crippen LogP contribution < -0.4 is 14.8 Å². The minimum atomic E-state index is 0.822. The van der Waals surface area contributed by atoms with Gasteiger partial charge in [0.05, 0.1) is 14.2 Å². The van der Waals surface area contributed by atoms with E-state index in [4.69, 9.17) is 9.47 Å².